The van der Waals surface area contributed by atoms with Gasteiger partial charge in [-0.15, -0.1) is 6.58 Å². The standard InChI is InChI=1S/C22H27F3N2O3S/c1-3-14-27(2)15-4-5-16-30-20-10-6-18(7-11-20)17-26-31(28,29)21-12-8-19(9-13-21)22(23,24)25/h3,6-13,26H,1,4-5,14-17H2,2H3. The Kier molecular flexibility index (Phi) is 9.09. The third kappa shape index (κ3) is 8.35. The lowest BCUT2D eigenvalue weighted by Gasteiger charge is -2.14. The van der Waals surface area contributed by atoms with Gasteiger partial charge >= 0.3 is 6.18 Å². The predicted octanol–water partition coefficient (Wildman–Crippen LogP) is 4.46. The first kappa shape index (κ1) is 24.9. The van der Waals surface area contributed by atoms with Gasteiger partial charge in [0.2, 0.25) is 10.0 Å². The van der Waals surface area contributed by atoms with Crippen LogP contribution in [0.15, 0.2) is 66.1 Å². The summed E-state index contributed by atoms with van der Waals surface area (Å²) in [4.78, 5) is 1.95. The van der Waals surface area contributed by atoms with E-state index in [0.717, 1.165) is 50.2 Å². The topological polar surface area (TPSA) is 58.6 Å². The molecule has 0 aliphatic rings. The minimum atomic E-state index is -4.51. The molecule has 0 aromatic heterocycles. The fraction of sp³-hybridized carbons (Fsp3) is 0.364. The van der Waals surface area contributed by atoms with Gasteiger partial charge in [-0.3, -0.25) is 0 Å². The smallest absolute Gasteiger partial charge is 0.416 e. The summed E-state index contributed by atoms with van der Waals surface area (Å²) in [6.07, 6.45) is -0.729. The van der Waals surface area contributed by atoms with Crippen LogP contribution >= 0.6 is 0 Å². The summed E-state index contributed by atoms with van der Waals surface area (Å²) in [6.45, 7) is 6.12. The summed E-state index contributed by atoms with van der Waals surface area (Å²) in [6, 6.07) is 10.4. The van der Waals surface area contributed by atoms with Crippen LogP contribution in [0.2, 0.25) is 0 Å². The molecule has 0 heterocycles. The molecular formula is C22H27F3N2O3S. The van der Waals surface area contributed by atoms with E-state index in [9.17, 15) is 21.6 Å². The largest absolute Gasteiger partial charge is 0.494 e. The van der Waals surface area contributed by atoms with Gasteiger partial charge in [-0.05, 0) is 68.4 Å². The van der Waals surface area contributed by atoms with Crippen molar-refractivity contribution in [3.8, 4) is 5.75 Å². The number of rotatable bonds is 12. The van der Waals surface area contributed by atoms with Crippen LogP contribution in [-0.4, -0.2) is 40.1 Å². The van der Waals surface area contributed by atoms with Crippen molar-refractivity contribution in [2.75, 3.05) is 26.7 Å². The highest BCUT2D eigenvalue weighted by Gasteiger charge is 2.30. The van der Waals surface area contributed by atoms with Crippen molar-refractivity contribution >= 4 is 10.0 Å². The molecule has 0 saturated heterocycles. The summed E-state index contributed by atoms with van der Waals surface area (Å²) in [7, 11) is -1.89. The van der Waals surface area contributed by atoms with Gasteiger partial charge in [0, 0.05) is 13.1 Å². The van der Waals surface area contributed by atoms with Crippen LogP contribution in [0.1, 0.15) is 24.0 Å². The number of sulfonamides is 1. The van der Waals surface area contributed by atoms with Gasteiger partial charge < -0.3 is 9.64 Å². The van der Waals surface area contributed by atoms with Crippen LogP contribution in [0.5, 0.6) is 5.75 Å². The summed E-state index contributed by atoms with van der Waals surface area (Å²) < 4.78 is 70.5. The zero-order valence-electron chi connectivity index (χ0n) is 17.4. The SMILES string of the molecule is C=CCN(C)CCCCOc1ccc(CNS(=O)(=O)c2ccc(C(F)(F)F)cc2)cc1. The molecule has 0 unspecified atom stereocenters. The van der Waals surface area contributed by atoms with Crippen molar-refractivity contribution in [2.45, 2.75) is 30.5 Å². The van der Waals surface area contributed by atoms with Gasteiger partial charge in [-0.2, -0.15) is 13.2 Å². The molecule has 0 fully saturated rings. The highest BCUT2D eigenvalue weighted by molar-refractivity contribution is 7.89. The predicted molar refractivity (Wildman–Crippen MR) is 114 cm³/mol. The Labute approximate surface area is 181 Å². The lowest BCUT2D eigenvalue weighted by molar-refractivity contribution is -0.137. The molecule has 0 bridgehead atoms. The molecule has 170 valence electrons. The van der Waals surface area contributed by atoms with Gasteiger partial charge in [0.05, 0.1) is 17.1 Å². The number of hydrogen-bond acceptors (Lipinski definition) is 4. The van der Waals surface area contributed by atoms with Crippen LogP contribution in [0, 0.1) is 0 Å². The minimum Gasteiger partial charge on any atom is -0.494 e. The van der Waals surface area contributed by atoms with Crippen LogP contribution in [0.3, 0.4) is 0 Å². The second-order valence-corrected chi connectivity index (χ2v) is 8.86. The molecule has 2 rings (SSSR count). The Balaban J connectivity index is 1.80. The molecule has 5 nitrogen and oxygen atoms in total. The fourth-order valence-electron chi connectivity index (χ4n) is 2.77. The zero-order chi connectivity index (χ0) is 22.9. The van der Waals surface area contributed by atoms with Crippen molar-refractivity contribution < 1.29 is 26.3 Å². The lowest BCUT2D eigenvalue weighted by Crippen LogP contribution is -2.23. The van der Waals surface area contributed by atoms with E-state index in [1.54, 1.807) is 24.3 Å². The molecular weight excluding hydrogens is 429 g/mol. The van der Waals surface area contributed by atoms with Crippen molar-refractivity contribution in [2.24, 2.45) is 0 Å². The van der Waals surface area contributed by atoms with Gasteiger partial charge in [0.1, 0.15) is 5.75 Å². The van der Waals surface area contributed by atoms with Crippen LogP contribution in [0.4, 0.5) is 13.2 Å². The first-order valence-electron chi connectivity index (χ1n) is 9.80. The Morgan fingerprint density at radius 2 is 1.71 bits per heavy atom. The molecule has 0 aliphatic heterocycles. The van der Waals surface area contributed by atoms with Gasteiger partial charge in [0.15, 0.2) is 0 Å². The quantitative estimate of drug-likeness (QED) is 0.378. The number of unbranched alkanes of at least 4 members (excludes halogenated alkanes) is 1. The van der Waals surface area contributed by atoms with Gasteiger partial charge in [-0.1, -0.05) is 18.2 Å². The van der Waals surface area contributed by atoms with Crippen molar-refractivity contribution in [3.05, 3.63) is 72.3 Å². The molecule has 0 aliphatic carbocycles. The maximum Gasteiger partial charge on any atom is 0.416 e. The van der Waals surface area contributed by atoms with E-state index >= 15 is 0 Å². The monoisotopic (exact) mass is 456 g/mol. The zero-order valence-corrected chi connectivity index (χ0v) is 18.2. The van der Waals surface area contributed by atoms with E-state index in [1.807, 2.05) is 13.1 Å². The second kappa shape index (κ2) is 11.3. The minimum absolute atomic E-state index is 0.0132. The van der Waals surface area contributed by atoms with E-state index in [1.165, 1.54) is 0 Å². The van der Waals surface area contributed by atoms with E-state index in [-0.39, 0.29) is 11.4 Å². The molecule has 2 aromatic carbocycles. The number of likely N-dealkylation sites (N-methyl/N-ethyl adjacent to an activating group) is 1. The number of nitrogens with zero attached hydrogens (tertiary/aromatic N) is 1. The van der Waals surface area contributed by atoms with Crippen LogP contribution < -0.4 is 9.46 Å². The van der Waals surface area contributed by atoms with Gasteiger partial charge in [0.25, 0.3) is 0 Å². The third-order valence-corrected chi connectivity index (χ3v) is 5.94. The number of benzene rings is 2. The second-order valence-electron chi connectivity index (χ2n) is 7.10. The average Bonchev–Trinajstić information content (AvgIpc) is 2.72. The van der Waals surface area contributed by atoms with Gasteiger partial charge in [-0.25, -0.2) is 13.1 Å². The van der Waals surface area contributed by atoms with E-state index in [0.29, 0.717) is 17.9 Å². The van der Waals surface area contributed by atoms with E-state index in [4.69, 9.17) is 4.74 Å². The molecule has 9 heteroatoms. The fourth-order valence-corrected chi connectivity index (χ4v) is 3.79. The molecule has 0 atom stereocenters. The third-order valence-electron chi connectivity index (χ3n) is 4.53. The molecule has 2 aromatic rings. The normalized spacial score (nSPS) is 12.2. The van der Waals surface area contributed by atoms with Crippen molar-refractivity contribution in [1.29, 1.82) is 0 Å². The Morgan fingerprint density at radius 1 is 1.06 bits per heavy atom. The van der Waals surface area contributed by atoms with Crippen LogP contribution in [-0.2, 0) is 22.7 Å². The number of hydrogen-bond donors (Lipinski definition) is 1. The maximum atomic E-state index is 12.6. The highest BCUT2D eigenvalue weighted by Crippen LogP contribution is 2.29. The first-order valence-corrected chi connectivity index (χ1v) is 11.3. The maximum absolute atomic E-state index is 12.6. The van der Waals surface area contributed by atoms with Crippen LogP contribution in [0.25, 0.3) is 0 Å². The summed E-state index contributed by atoms with van der Waals surface area (Å²) >= 11 is 0. The molecule has 1 N–H and O–H groups in total. The highest BCUT2D eigenvalue weighted by atomic mass is 32.2. The molecule has 31 heavy (non-hydrogen) atoms. The lowest BCUT2D eigenvalue weighted by atomic mass is 10.2. The molecule has 0 saturated carbocycles. The molecule has 0 amide bonds. The Morgan fingerprint density at radius 3 is 2.29 bits per heavy atom. The Bertz CT molecular complexity index is 928. The number of ether oxygens (including phenoxy) is 1. The number of nitrogens with one attached hydrogen (secondary N) is 1. The number of alkyl halides is 3. The molecule has 0 radical (unpaired) electrons. The van der Waals surface area contributed by atoms with E-state index < -0.39 is 21.8 Å². The first-order chi connectivity index (χ1) is 14.6. The van der Waals surface area contributed by atoms with Crippen molar-refractivity contribution in [3.63, 3.8) is 0 Å². The van der Waals surface area contributed by atoms with E-state index in [2.05, 4.69) is 16.2 Å². The molecule has 0 spiro atoms. The number of halogens is 3. The summed E-state index contributed by atoms with van der Waals surface area (Å²) in [5.41, 5.74) is -0.195. The Hall–Kier alpha value is -2.36. The van der Waals surface area contributed by atoms with Crippen molar-refractivity contribution in [1.82, 2.24) is 9.62 Å². The summed E-state index contributed by atoms with van der Waals surface area (Å²) in [5.74, 6) is 0.689. The average molecular weight is 457 g/mol. The summed E-state index contributed by atoms with van der Waals surface area (Å²) in [5, 5.41) is 0.